The van der Waals surface area contributed by atoms with Gasteiger partial charge in [0.2, 0.25) is 0 Å². The summed E-state index contributed by atoms with van der Waals surface area (Å²) in [5.74, 6) is -1.14. The van der Waals surface area contributed by atoms with Crippen LogP contribution in [-0.4, -0.2) is 31.6 Å². The number of esters is 1. The summed E-state index contributed by atoms with van der Waals surface area (Å²) >= 11 is 1.15. The lowest BCUT2D eigenvalue weighted by molar-refractivity contribution is 0.0529. The molecular weight excluding hydrogens is 278 g/mol. The molecule has 20 heavy (non-hydrogen) atoms. The average molecular weight is 299 g/mol. The predicted molar refractivity (Wildman–Crippen MR) is 81.4 cm³/mol. The summed E-state index contributed by atoms with van der Waals surface area (Å²) in [5.41, 5.74) is 11.6. The van der Waals surface area contributed by atoms with Crippen molar-refractivity contribution in [1.29, 1.82) is 0 Å². The monoisotopic (exact) mass is 299 g/mol. The Labute approximate surface area is 122 Å². The molecule has 0 spiro atoms. The Morgan fingerprint density at radius 2 is 1.95 bits per heavy atom. The highest BCUT2D eigenvalue weighted by molar-refractivity contribution is 7.19. The van der Waals surface area contributed by atoms with Gasteiger partial charge < -0.3 is 21.1 Å². The van der Waals surface area contributed by atoms with Crippen molar-refractivity contribution in [3.63, 3.8) is 0 Å². The smallest absolute Gasteiger partial charge is 0.343 e. The lowest BCUT2D eigenvalue weighted by atomic mass is 10.2. The average Bonchev–Trinajstić information content (AvgIpc) is 2.74. The maximum absolute atomic E-state index is 12.1. The summed E-state index contributed by atoms with van der Waals surface area (Å²) in [6.07, 6.45) is 0.916. The van der Waals surface area contributed by atoms with Gasteiger partial charge in [-0.2, -0.15) is 0 Å². The summed E-state index contributed by atoms with van der Waals surface area (Å²) in [5, 5.41) is 0.652. The Kier molecular flexibility index (Phi) is 5.82. The normalized spacial score (nSPS) is 10.3. The van der Waals surface area contributed by atoms with E-state index in [0.717, 1.165) is 24.3 Å². The highest BCUT2D eigenvalue weighted by Gasteiger charge is 2.27. The zero-order valence-corrected chi connectivity index (χ0v) is 12.9. The minimum Gasteiger partial charge on any atom is -0.462 e. The van der Waals surface area contributed by atoms with Gasteiger partial charge in [-0.1, -0.05) is 6.92 Å². The lowest BCUT2D eigenvalue weighted by Crippen LogP contribution is -2.24. The zero-order valence-electron chi connectivity index (χ0n) is 12.1. The van der Waals surface area contributed by atoms with E-state index in [1.165, 1.54) is 0 Å². The van der Waals surface area contributed by atoms with Crippen LogP contribution in [0.15, 0.2) is 0 Å². The van der Waals surface area contributed by atoms with Crippen LogP contribution in [0.25, 0.3) is 0 Å². The van der Waals surface area contributed by atoms with Crippen LogP contribution in [0.5, 0.6) is 0 Å². The molecule has 6 nitrogen and oxygen atoms in total. The predicted octanol–water partition coefficient (Wildman–Crippen LogP) is 1.84. The van der Waals surface area contributed by atoms with E-state index in [0.29, 0.717) is 11.5 Å². The van der Waals surface area contributed by atoms with E-state index in [2.05, 4.69) is 0 Å². The molecule has 1 rings (SSSR count). The van der Waals surface area contributed by atoms with Crippen LogP contribution < -0.4 is 16.4 Å². The molecule has 0 saturated heterocycles. The van der Waals surface area contributed by atoms with Gasteiger partial charge in [-0.25, -0.2) is 4.79 Å². The van der Waals surface area contributed by atoms with Crippen molar-refractivity contribution in [3.05, 3.63) is 10.4 Å². The SMILES string of the molecule is CCCN(CC)c1sc(C(N)=O)c(N)c1C(=O)OCC. The number of carbonyl (C=O) groups excluding carboxylic acids is 2. The van der Waals surface area contributed by atoms with Gasteiger partial charge in [0.25, 0.3) is 5.91 Å². The van der Waals surface area contributed by atoms with Crippen molar-refractivity contribution < 1.29 is 14.3 Å². The molecular formula is C13H21N3O3S. The fourth-order valence-electron chi connectivity index (χ4n) is 1.91. The number of nitrogen functional groups attached to an aromatic ring is 1. The number of hydrogen-bond donors (Lipinski definition) is 2. The van der Waals surface area contributed by atoms with E-state index < -0.39 is 11.9 Å². The Morgan fingerprint density at radius 1 is 1.30 bits per heavy atom. The molecule has 0 radical (unpaired) electrons. The first-order chi connectivity index (χ1) is 9.47. The van der Waals surface area contributed by atoms with Crippen molar-refractivity contribution in [1.82, 2.24) is 0 Å². The summed E-state index contributed by atoms with van der Waals surface area (Å²) in [6.45, 7) is 7.46. The number of ether oxygens (including phenoxy) is 1. The molecule has 112 valence electrons. The Balaban J connectivity index is 3.36. The molecule has 4 N–H and O–H groups in total. The van der Waals surface area contributed by atoms with Gasteiger partial charge in [0.15, 0.2) is 0 Å². The Hall–Kier alpha value is -1.76. The standard InChI is InChI=1S/C13H21N3O3S/c1-4-7-16(5-2)12-8(13(18)19-6-3)9(14)10(20-12)11(15)17/h4-7,14H2,1-3H3,(H2,15,17). The van der Waals surface area contributed by atoms with E-state index in [4.69, 9.17) is 16.2 Å². The van der Waals surface area contributed by atoms with Crippen LogP contribution in [-0.2, 0) is 4.74 Å². The lowest BCUT2D eigenvalue weighted by Gasteiger charge is -2.21. The molecule has 0 aromatic carbocycles. The van der Waals surface area contributed by atoms with Gasteiger partial charge in [0.1, 0.15) is 15.4 Å². The second-order valence-corrected chi connectivity index (χ2v) is 5.19. The molecule has 0 aliphatic carbocycles. The summed E-state index contributed by atoms with van der Waals surface area (Å²) < 4.78 is 5.02. The number of anilines is 2. The van der Waals surface area contributed by atoms with Gasteiger partial charge in [-0.15, -0.1) is 11.3 Å². The largest absolute Gasteiger partial charge is 0.462 e. The first-order valence-electron chi connectivity index (χ1n) is 6.61. The molecule has 7 heteroatoms. The van der Waals surface area contributed by atoms with Crippen molar-refractivity contribution >= 4 is 33.9 Å². The van der Waals surface area contributed by atoms with Crippen LogP contribution in [0.3, 0.4) is 0 Å². The van der Waals surface area contributed by atoms with Crippen LogP contribution in [0.2, 0.25) is 0 Å². The Bertz CT molecular complexity index is 499. The molecule has 0 aliphatic heterocycles. The third-order valence-electron chi connectivity index (χ3n) is 2.79. The summed E-state index contributed by atoms with van der Waals surface area (Å²) in [6, 6.07) is 0. The fourth-order valence-corrected chi connectivity index (χ4v) is 3.06. The van der Waals surface area contributed by atoms with E-state index in [9.17, 15) is 9.59 Å². The number of primary amides is 1. The molecule has 1 aromatic heterocycles. The molecule has 1 amide bonds. The molecule has 1 aromatic rings. The number of carbonyl (C=O) groups is 2. The minimum absolute atomic E-state index is 0.116. The molecule has 1 heterocycles. The van der Waals surface area contributed by atoms with E-state index in [-0.39, 0.29) is 22.7 Å². The van der Waals surface area contributed by atoms with Gasteiger partial charge in [0.05, 0.1) is 12.3 Å². The number of nitrogens with two attached hydrogens (primary N) is 2. The second kappa shape index (κ2) is 7.14. The van der Waals surface area contributed by atoms with Crippen molar-refractivity contribution in [2.24, 2.45) is 5.73 Å². The van der Waals surface area contributed by atoms with Crippen molar-refractivity contribution in [3.8, 4) is 0 Å². The molecule has 0 bridgehead atoms. The van der Waals surface area contributed by atoms with Gasteiger partial charge in [0, 0.05) is 13.1 Å². The van der Waals surface area contributed by atoms with Crippen LogP contribution in [0.4, 0.5) is 10.7 Å². The first-order valence-corrected chi connectivity index (χ1v) is 7.43. The molecule has 0 saturated carbocycles. The Morgan fingerprint density at radius 3 is 2.40 bits per heavy atom. The third kappa shape index (κ3) is 3.22. The fraction of sp³-hybridized carbons (Fsp3) is 0.538. The molecule has 0 atom stereocenters. The number of amides is 1. The van der Waals surface area contributed by atoms with E-state index >= 15 is 0 Å². The second-order valence-electron chi connectivity index (χ2n) is 4.19. The number of thiophene rings is 1. The molecule has 0 unspecified atom stereocenters. The highest BCUT2D eigenvalue weighted by Crippen LogP contribution is 2.38. The maximum atomic E-state index is 12.1. The minimum atomic E-state index is -0.628. The number of hydrogen-bond acceptors (Lipinski definition) is 6. The van der Waals surface area contributed by atoms with Crippen molar-refractivity contribution in [2.75, 3.05) is 30.3 Å². The van der Waals surface area contributed by atoms with Gasteiger partial charge in [-0.05, 0) is 20.3 Å². The zero-order chi connectivity index (χ0) is 15.3. The van der Waals surface area contributed by atoms with E-state index in [1.807, 2.05) is 18.7 Å². The maximum Gasteiger partial charge on any atom is 0.343 e. The topological polar surface area (TPSA) is 98.6 Å². The molecule has 0 fully saturated rings. The van der Waals surface area contributed by atoms with Gasteiger partial charge in [-0.3, -0.25) is 4.79 Å². The number of nitrogens with zero attached hydrogens (tertiary/aromatic N) is 1. The quantitative estimate of drug-likeness (QED) is 0.748. The van der Waals surface area contributed by atoms with Crippen LogP contribution in [0, 0.1) is 0 Å². The van der Waals surface area contributed by atoms with E-state index in [1.54, 1.807) is 6.92 Å². The summed E-state index contributed by atoms with van der Waals surface area (Å²) in [4.78, 5) is 25.7. The van der Waals surface area contributed by atoms with Crippen LogP contribution >= 0.6 is 11.3 Å². The third-order valence-corrected chi connectivity index (χ3v) is 4.07. The first kappa shape index (κ1) is 16.3. The summed E-state index contributed by atoms with van der Waals surface area (Å²) in [7, 11) is 0. The van der Waals surface area contributed by atoms with Crippen molar-refractivity contribution in [2.45, 2.75) is 27.2 Å². The number of rotatable bonds is 7. The van der Waals surface area contributed by atoms with Crippen LogP contribution in [0.1, 0.15) is 47.2 Å². The van der Waals surface area contributed by atoms with Gasteiger partial charge >= 0.3 is 5.97 Å². The highest BCUT2D eigenvalue weighted by atomic mass is 32.1. The molecule has 0 aliphatic rings.